The van der Waals surface area contributed by atoms with Crippen LogP contribution in [0.15, 0.2) is 54.7 Å². The van der Waals surface area contributed by atoms with Crippen molar-refractivity contribution in [2.24, 2.45) is 0 Å². The largest absolute Gasteiger partial charge is 0.508 e. The molecule has 0 aliphatic heterocycles. The van der Waals surface area contributed by atoms with Crippen LogP contribution in [0.2, 0.25) is 0 Å². The van der Waals surface area contributed by atoms with Crippen LogP contribution in [-0.4, -0.2) is 42.4 Å². The van der Waals surface area contributed by atoms with Crippen LogP contribution in [0.1, 0.15) is 25.3 Å². The molecule has 2 amide bonds. The Balaban J connectivity index is 1.37. The molecule has 0 radical (unpaired) electrons. The molecule has 1 atom stereocenters. The van der Waals surface area contributed by atoms with Crippen molar-refractivity contribution in [3.05, 3.63) is 60.3 Å². The van der Waals surface area contributed by atoms with Gasteiger partial charge in [-0.2, -0.15) is 0 Å². The number of phenols is 1. The predicted octanol–water partition coefficient (Wildman–Crippen LogP) is 4.07. The topological polar surface area (TPSA) is 95.5 Å². The summed E-state index contributed by atoms with van der Waals surface area (Å²) in [4.78, 5) is 16.4. The maximum absolute atomic E-state index is 11.9. The monoisotopic (exact) mass is 422 g/mol. The van der Waals surface area contributed by atoms with Gasteiger partial charge >= 0.3 is 6.03 Å². The van der Waals surface area contributed by atoms with Crippen molar-refractivity contribution in [2.75, 3.05) is 25.5 Å². The van der Waals surface area contributed by atoms with E-state index in [4.69, 9.17) is 4.74 Å². The lowest BCUT2D eigenvalue weighted by atomic mass is 10.1. The van der Waals surface area contributed by atoms with E-state index in [0.29, 0.717) is 13.1 Å². The Kier molecular flexibility index (Phi) is 7.92. The number of pyridine rings is 1. The summed E-state index contributed by atoms with van der Waals surface area (Å²) in [5, 5.41) is 19.6. The maximum atomic E-state index is 11.9. The number of methoxy groups -OCH3 is 1. The molecule has 2 aromatic carbocycles. The van der Waals surface area contributed by atoms with Crippen LogP contribution in [0.4, 0.5) is 10.5 Å². The van der Waals surface area contributed by atoms with Crippen LogP contribution >= 0.6 is 0 Å². The van der Waals surface area contributed by atoms with Gasteiger partial charge in [-0.1, -0.05) is 18.2 Å². The van der Waals surface area contributed by atoms with Gasteiger partial charge in [-0.25, -0.2) is 4.79 Å². The van der Waals surface area contributed by atoms with Crippen molar-refractivity contribution in [3.63, 3.8) is 0 Å². The Labute approximate surface area is 182 Å². The van der Waals surface area contributed by atoms with E-state index >= 15 is 0 Å². The number of aromatic hydroxyl groups is 1. The van der Waals surface area contributed by atoms with Crippen LogP contribution in [0.3, 0.4) is 0 Å². The van der Waals surface area contributed by atoms with Crippen molar-refractivity contribution in [2.45, 2.75) is 32.2 Å². The number of aromatic nitrogens is 1. The number of nitrogens with one attached hydrogen (secondary N) is 3. The molecule has 0 fully saturated rings. The van der Waals surface area contributed by atoms with Crippen molar-refractivity contribution in [1.82, 2.24) is 15.6 Å². The van der Waals surface area contributed by atoms with Gasteiger partial charge in [0, 0.05) is 36.8 Å². The minimum atomic E-state index is -0.164. The highest BCUT2D eigenvalue weighted by molar-refractivity contribution is 5.91. The van der Waals surface area contributed by atoms with E-state index in [1.54, 1.807) is 25.4 Å². The summed E-state index contributed by atoms with van der Waals surface area (Å²) in [5.74, 6) is 1.04. The summed E-state index contributed by atoms with van der Waals surface area (Å²) < 4.78 is 5.40. The van der Waals surface area contributed by atoms with Gasteiger partial charge in [0.25, 0.3) is 0 Å². The minimum absolute atomic E-state index is 0.164. The Morgan fingerprint density at radius 3 is 2.68 bits per heavy atom. The van der Waals surface area contributed by atoms with E-state index in [2.05, 4.69) is 27.9 Å². The van der Waals surface area contributed by atoms with Crippen LogP contribution in [0.25, 0.3) is 10.9 Å². The van der Waals surface area contributed by atoms with Gasteiger partial charge in [0.05, 0.1) is 18.3 Å². The van der Waals surface area contributed by atoms with Crippen LogP contribution in [0.5, 0.6) is 11.5 Å². The third-order valence-corrected chi connectivity index (χ3v) is 5.05. The fourth-order valence-electron chi connectivity index (χ4n) is 3.39. The van der Waals surface area contributed by atoms with E-state index in [1.165, 1.54) is 0 Å². The SMILES string of the molecule is COc1cc(NC(C)CCCNC(=O)NCCc2ccc(O)cc2)c2ncccc2c1. The van der Waals surface area contributed by atoms with Crippen molar-refractivity contribution >= 4 is 22.6 Å². The van der Waals surface area contributed by atoms with Crippen molar-refractivity contribution < 1.29 is 14.6 Å². The Hall–Kier alpha value is -3.48. The third-order valence-electron chi connectivity index (χ3n) is 5.05. The predicted molar refractivity (Wildman–Crippen MR) is 124 cm³/mol. The lowest BCUT2D eigenvalue weighted by Gasteiger charge is -2.17. The average Bonchev–Trinajstić information content (AvgIpc) is 2.78. The van der Waals surface area contributed by atoms with Gasteiger partial charge < -0.3 is 25.8 Å². The molecule has 0 saturated heterocycles. The second-order valence-electron chi connectivity index (χ2n) is 7.54. The van der Waals surface area contributed by atoms with E-state index < -0.39 is 0 Å². The minimum Gasteiger partial charge on any atom is -0.508 e. The summed E-state index contributed by atoms with van der Waals surface area (Å²) >= 11 is 0. The summed E-state index contributed by atoms with van der Waals surface area (Å²) in [6.07, 6.45) is 4.26. The van der Waals surface area contributed by atoms with Gasteiger partial charge in [-0.05, 0) is 56.0 Å². The molecule has 0 aliphatic carbocycles. The first-order chi connectivity index (χ1) is 15.0. The first-order valence-corrected chi connectivity index (χ1v) is 10.5. The van der Waals surface area contributed by atoms with Gasteiger partial charge in [-0.3, -0.25) is 4.98 Å². The molecular weight excluding hydrogens is 392 g/mol. The highest BCUT2D eigenvalue weighted by Crippen LogP contribution is 2.28. The van der Waals surface area contributed by atoms with Gasteiger partial charge in [-0.15, -0.1) is 0 Å². The molecule has 0 saturated carbocycles. The molecule has 0 aliphatic rings. The number of nitrogens with zero attached hydrogens (tertiary/aromatic N) is 1. The fraction of sp³-hybridized carbons (Fsp3) is 0.333. The smallest absolute Gasteiger partial charge is 0.314 e. The number of anilines is 1. The zero-order valence-corrected chi connectivity index (χ0v) is 18.0. The molecule has 31 heavy (non-hydrogen) atoms. The standard InChI is InChI=1S/C24H30N4O3/c1-17(28-22-16-21(31-2)15-19-6-4-12-25-23(19)22)5-3-13-26-24(30)27-14-11-18-7-9-20(29)10-8-18/h4,6-10,12,15-17,28-29H,3,5,11,13-14H2,1-2H3,(H2,26,27,30). The number of phenolic OH excluding ortho intramolecular Hbond substituents is 1. The van der Waals surface area contributed by atoms with E-state index in [0.717, 1.165) is 47.2 Å². The Morgan fingerprint density at radius 1 is 1.13 bits per heavy atom. The van der Waals surface area contributed by atoms with Crippen LogP contribution in [-0.2, 0) is 6.42 Å². The fourth-order valence-corrected chi connectivity index (χ4v) is 3.39. The second kappa shape index (κ2) is 11.1. The van der Waals surface area contributed by atoms with Gasteiger partial charge in [0.1, 0.15) is 11.5 Å². The summed E-state index contributed by atoms with van der Waals surface area (Å²) in [6, 6.07) is 14.9. The molecule has 7 nitrogen and oxygen atoms in total. The molecule has 7 heteroatoms. The molecule has 1 heterocycles. The number of carbonyl (C=O) groups is 1. The normalized spacial score (nSPS) is 11.7. The molecule has 1 unspecified atom stereocenters. The quantitative estimate of drug-likeness (QED) is 0.370. The summed E-state index contributed by atoms with van der Waals surface area (Å²) in [6.45, 7) is 3.27. The van der Waals surface area contributed by atoms with E-state index in [9.17, 15) is 9.90 Å². The van der Waals surface area contributed by atoms with Gasteiger partial charge in [0.2, 0.25) is 0 Å². The number of rotatable bonds is 10. The number of benzene rings is 2. The first kappa shape index (κ1) is 22.2. The lowest BCUT2D eigenvalue weighted by molar-refractivity contribution is 0.241. The van der Waals surface area contributed by atoms with E-state index in [-0.39, 0.29) is 17.8 Å². The number of urea groups is 1. The first-order valence-electron chi connectivity index (χ1n) is 10.5. The highest BCUT2D eigenvalue weighted by Gasteiger charge is 2.09. The lowest BCUT2D eigenvalue weighted by Crippen LogP contribution is -2.37. The molecule has 0 bridgehead atoms. The average molecular weight is 423 g/mol. The number of hydrogen-bond acceptors (Lipinski definition) is 5. The molecule has 3 rings (SSSR count). The van der Waals surface area contributed by atoms with Crippen LogP contribution in [0, 0.1) is 0 Å². The van der Waals surface area contributed by atoms with Crippen molar-refractivity contribution in [3.8, 4) is 11.5 Å². The van der Waals surface area contributed by atoms with Gasteiger partial charge in [0.15, 0.2) is 0 Å². The Morgan fingerprint density at radius 2 is 1.90 bits per heavy atom. The highest BCUT2D eigenvalue weighted by atomic mass is 16.5. The summed E-state index contributed by atoms with van der Waals surface area (Å²) in [7, 11) is 1.66. The molecule has 1 aromatic heterocycles. The number of fused-ring (bicyclic) bond motifs is 1. The van der Waals surface area contributed by atoms with Crippen molar-refractivity contribution in [1.29, 1.82) is 0 Å². The number of ether oxygens (including phenoxy) is 1. The number of amides is 2. The maximum Gasteiger partial charge on any atom is 0.314 e. The van der Waals surface area contributed by atoms with E-state index in [1.807, 2.05) is 36.4 Å². The van der Waals surface area contributed by atoms with Crippen LogP contribution < -0.4 is 20.7 Å². The third kappa shape index (κ3) is 6.77. The molecule has 4 N–H and O–H groups in total. The zero-order chi connectivity index (χ0) is 22.1. The molecular formula is C24H30N4O3. The molecule has 164 valence electrons. The summed E-state index contributed by atoms with van der Waals surface area (Å²) in [5.41, 5.74) is 2.93. The Bertz CT molecular complexity index is 992. The number of hydrogen-bond donors (Lipinski definition) is 4. The molecule has 0 spiro atoms. The molecule has 3 aromatic rings. The second-order valence-corrected chi connectivity index (χ2v) is 7.54. The zero-order valence-electron chi connectivity index (χ0n) is 18.0. The number of carbonyl (C=O) groups excluding carboxylic acids is 1.